The van der Waals surface area contributed by atoms with Gasteiger partial charge in [-0.05, 0) is 65.2 Å². The van der Waals surface area contributed by atoms with E-state index < -0.39 is 30.2 Å². The van der Waals surface area contributed by atoms with Crippen LogP contribution in [0.25, 0.3) is 16.8 Å². The summed E-state index contributed by atoms with van der Waals surface area (Å²) in [4.78, 5) is 38.5. The van der Waals surface area contributed by atoms with Gasteiger partial charge in [-0.3, -0.25) is 9.59 Å². The maximum atomic E-state index is 13.8. The second kappa shape index (κ2) is 12.1. The Hall–Kier alpha value is -4.89. The molecule has 4 aromatic carbocycles. The molecule has 1 fully saturated rings. The van der Waals surface area contributed by atoms with E-state index in [2.05, 4.69) is 10.6 Å². The average molecular weight is 574 g/mol. The molecule has 10 heteroatoms. The molecule has 1 aliphatic rings. The predicted molar refractivity (Wildman–Crippen MR) is 154 cm³/mol. The van der Waals surface area contributed by atoms with E-state index in [-0.39, 0.29) is 23.0 Å². The molecule has 208 valence electrons. The average Bonchev–Trinajstić information content (AvgIpc) is 3.21. The van der Waals surface area contributed by atoms with Crippen LogP contribution in [0.3, 0.4) is 0 Å². The summed E-state index contributed by atoms with van der Waals surface area (Å²) in [7, 11) is 0. The molecule has 0 aromatic heterocycles. The number of amides is 4. The number of hydrogen-bond acceptors (Lipinski definition) is 5. The number of nitrogens with zero attached hydrogens (tertiary/aromatic N) is 1. The number of nitrogens with one attached hydrogen (secondary N) is 2. The van der Waals surface area contributed by atoms with E-state index in [0.29, 0.717) is 23.7 Å². The second-order valence-corrected chi connectivity index (χ2v) is 9.55. The number of anilines is 1. The number of carbonyl (C=O) groups excluding carboxylic acids is 3. The van der Waals surface area contributed by atoms with Gasteiger partial charge >= 0.3 is 6.03 Å². The number of urea groups is 1. The van der Waals surface area contributed by atoms with Gasteiger partial charge in [-0.25, -0.2) is 14.1 Å². The highest BCUT2D eigenvalue weighted by Crippen LogP contribution is 2.38. The molecular weight excluding hydrogens is 549 g/mol. The van der Waals surface area contributed by atoms with Crippen molar-refractivity contribution in [3.63, 3.8) is 0 Å². The molecule has 8 nitrogen and oxygen atoms in total. The number of hydrogen-bond donors (Lipinski definition) is 2. The molecule has 2 N–H and O–H groups in total. The maximum absolute atomic E-state index is 13.8. The lowest BCUT2D eigenvalue weighted by atomic mass is 10.1. The Kier molecular flexibility index (Phi) is 8.16. The van der Waals surface area contributed by atoms with Crippen molar-refractivity contribution in [2.45, 2.75) is 13.5 Å². The Labute approximate surface area is 240 Å². The van der Waals surface area contributed by atoms with Crippen LogP contribution in [0.2, 0.25) is 5.02 Å². The van der Waals surface area contributed by atoms with Crippen LogP contribution in [-0.4, -0.2) is 35.9 Å². The molecule has 1 heterocycles. The number of fused-ring (bicyclic) bond motifs is 1. The normalized spacial score (nSPS) is 13.9. The van der Waals surface area contributed by atoms with Crippen LogP contribution < -0.4 is 20.1 Å². The second-order valence-electron chi connectivity index (χ2n) is 9.14. The Bertz CT molecular complexity index is 1690. The highest BCUT2D eigenvalue weighted by atomic mass is 35.5. The first kappa shape index (κ1) is 27.7. The topological polar surface area (TPSA) is 97.0 Å². The molecule has 41 heavy (non-hydrogen) atoms. The summed E-state index contributed by atoms with van der Waals surface area (Å²) in [6, 6.07) is 22.1. The van der Waals surface area contributed by atoms with Gasteiger partial charge in [0.2, 0.25) is 5.91 Å². The van der Waals surface area contributed by atoms with E-state index >= 15 is 0 Å². The zero-order chi connectivity index (χ0) is 28.9. The standard InChI is InChI=1S/C31H25ClFN3O5/c1-2-40-27-16-20(14-23(32)29(27)41-18-19-11-12-21-7-3-4-8-22(21)13-19)15-26-30(38)36(31(39)35-26)17-28(37)34-25-10-6-5-9-24(25)33/h3-16H,2,17-18H2,1H3,(H,34,37)(H,35,39)/b26-15+. The minimum atomic E-state index is -0.781. The third-order valence-electron chi connectivity index (χ3n) is 6.25. The summed E-state index contributed by atoms with van der Waals surface area (Å²) in [5.41, 5.74) is 1.31. The van der Waals surface area contributed by atoms with Gasteiger partial charge in [-0.15, -0.1) is 0 Å². The molecule has 0 aliphatic carbocycles. The smallest absolute Gasteiger partial charge is 0.329 e. The van der Waals surface area contributed by atoms with Crippen molar-refractivity contribution in [2.24, 2.45) is 0 Å². The van der Waals surface area contributed by atoms with Crippen molar-refractivity contribution in [1.82, 2.24) is 10.2 Å². The molecule has 0 atom stereocenters. The molecule has 0 bridgehead atoms. The Morgan fingerprint density at radius 3 is 2.54 bits per heavy atom. The fourth-order valence-electron chi connectivity index (χ4n) is 4.34. The van der Waals surface area contributed by atoms with Gasteiger partial charge in [0.15, 0.2) is 11.5 Å². The largest absolute Gasteiger partial charge is 0.490 e. The quantitative estimate of drug-likeness (QED) is 0.185. The van der Waals surface area contributed by atoms with Crippen LogP contribution in [0.5, 0.6) is 11.5 Å². The fraction of sp³-hybridized carbons (Fsp3) is 0.129. The summed E-state index contributed by atoms with van der Waals surface area (Å²) in [5.74, 6) is -1.37. The Morgan fingerprint density at radius 2 is 1.76 bits per heavy atom. The van der Waals surface area contributed by atoms with Crippen LogP contribution >= 0.6 is 11.6 Å². The summed E-state index contributed by atoms with van der Waals surface area (Å²) < 4.78 is 25.7. The summed E-state index contributed by atoms with van der Waals surface area (Å²) in [6.07, 6.45) is 1.43. The zero-order valence-electron chi connectivity index (χ0n) is 21.9. The SMILES string of the molecule is CCOc1cc(/C=C2/NC(=O)N(CC(=O)Nc3ccccc3F)C2=O)cc(Cl)c1OCc1ccc2ccccc2c1. The molecule has 0 saturated carbocycles. The van der Waals surface area contributed by atoms with Crippen LogP contribution in [0.1, 0.15) is 18.1 Å². The minimum absolute atomic E-state index is 0.0543. The first-order valence-corrected chi connectivity index (χ1v) is 13.2. The maximum Gasteiger partial charge on any atom is 0.329 e. The highest BCUT2D eigenvalue weighted by Gasteiger charge is 2.35. The van der Waals surface area contributed by atoms with Gasteiger partial charge in [0.05, 0.1) is 17.3 Å². The Balaban J connectivity index is 1.31. The molecule has 1 aliphatic heterocycles. The number of para-hydroxylation sites is 1. The van der Waals surface area contributed by atoms with E-state index in [0.717, 1.165) is 21.2 Å². The lowest BCUT2D eigenvalue weighted by molar-refractivity contribution is -0.127. The summed E-state index contributed by atoms with van der Waals surface area (Å²) in [5, 5.41) is 7.28. The van der Waals surface area contributed by atoms with Crippen molar-refractivity contribution in [1.29, 1.82) is 0 Å². The van der Waals surface area contributed by atoms with E-state index in [4.69, 9.17) is 21.1 Å². The molecule has 0 unspecified atom stereocenters. The monoisotopic (exact) mass is 573 g/mol. The number of benzene rings is 4. The van der Waals surface area contributed by atoms with E-state index in [9.17, 15) is 18.8 Å². The van der Waals surface area contributed by atoms with Gasteiger partial charge in [0, 0.05) is 0 Å². The minimum Gasteiger partial charge on any atom is -0.490 e. The van der Waals surface area contributed by atoms with E-state index in [1.165, 1.54) is 24.3 Å². The number of carbonyl (C=O) groups is 3. The Morgan fingerprint density at radius 1 is 1.00 bits per heavy atom. The van der Waals surface area contributed by atoms with Gasteiger partial charge < -0.3 is 20.1 Å². The number of ether oxygens (including phenoxy) is 2. The molecule has 0 spiro atoms. The number of rotatable bonds is 9. The van der Waals surface area contributed by atoms with Crippen molar-refractivity contribution < 1.29 is 28.2 Å². The van der Waals surface area contributed by atoms with Crippen LogP contribution in [-0.2, 0) is 16.2 Å². The van der Waals surface area contributed by atoms with Crippen molar-refractivity contribution in [2.75, 3.05) is 18.5 Å². The molecular formula is C31H25ClFN3O5. The van der Waals surface area contributed by atoms with E-state index in [1.807, 2.05) is 49.4 Å². The zero-order valence-corrected chi connectivity index (χ0v) is 22.7. The predicted octanol–water partition coefficient (Wildman–Crippen LogP) is 6.14. The number of halogens is 2. The number of imide groups is 1. The summed E-state index contributed by atoms with van der Waals surface area (Å²) >= 11 is 6.57. The van der Waals surface area contributed by atoms with Gasteiger partial charge in [0.25, 0.3) is 5.91 Å². The molecule has 4 aromatic rings. The van der Waals surface area contributed by atoms with Gasteiger partial charge in [0.1, 0.15) is 24.7 Å². The lowest BCUT2D eigenvalue weighted by Gasteiger charge is -2.15. The third-order valence-corrected chi connectivity index (χ3v) is 6.53. The molecule has 1 saturated heterocycles. The van der Waals surface area contributed by atoms with Gasteiger partial charge in [-0.1, -0.05) is 60.1 Å². The van der Waals surface area contributed by atoms with Gasteiger partial charge in [-0.2, -0.15) is 0 Å². The highest BCUT2D eigenvalue weighted by molar-refractivity contribution is 6.32. The van der Waals surface area contributed by atoms with Crippen molar-refractivity contribution in [3.8, 4) is 11.5 Å². The molecule has 5 rings (SSSR count). The van der Waals surface area contributed by atoms with Crippen LogP contribution in [0, 0.1) is 5.82 Å². The fourth-order valence-corrected chi connectivity index (χ4v) is 4.61. The van der Waals surface area contributed by atoms with Crippen molar-refractivity contribution >= 4 is 52.0 Å². The lowest BCUT2D eigenvalue weighted by Crippen LogP contribution is -2.38. The van der Waals surface area contributed by atoms with Crippen LogP contribution in [0.4, 0.5) is 14.9 Å². The first-order chi connectivity index (χ1) is 19.8. The molecule has 0 radical (unpaired) electrons. The molecule has 4 amide bonds. The summed E-state index contributed by atoms with van der Waals surface area (Å²) in [6.45, 7) is 1.81. The van der Waals surface area contributed by atoms with E-state index in [1.54, 1.807) is 18.2 Å². The van der Waals surface area contributed by atoms with Crippen LogP contribution in [0.15, 0.2) is 84.6 Å². The first-order valence-electron chi connectivity index (χ1n) is 12.8. The third kappa shape index (κ3) is 6.31. The van der Waals surface area contributed by atoms with Crippen molar-refractivity contribution in [3.05, 3.63) is 107 Å².